The standard InChI is InChI=1S/C13H9NOS.C9H9NO.2Li/c15-11-7-3-1-5-9(11)13-14-10-6-2-4-8-12(10)16-13;11-8-5-1-3-7-4-2-6-10-9(7)8;;/h1-8,15H;1-7,9,11H;;/q;;2*+1. The Morgan fingerprint density at radius 2 is 1.59 bits per heavy atom. The van der Waals surface area contributed by atoms with Crippen molar-refractivity contribution in [3.05, 3.63) is 84.7 Å². The molecule has 0 radical (unpaired) electrons. The van der Waals surface area contributed by atoms with Gasteiger partial charge in [0.05, 0.1) is 5.92 Å². The summed E-state index contributed by atoms with van der Waals surface area (Å²) in [5.41, 5.74) is 1.81. The maximum absolute atomic E-state index is 11.7. The van der Waals surface area contributed by atoms with Crippen LogP contribution in [0.15, 0.2) is 84.7 Å². The molecular formula is C22H18Li2N2O2S+2. The summed E-state index contributed by atoms with van der Waals surface area (Å²) in [5.74, 6) is 0.473. The van der Waals surface area contributed by atoms with Crippen LogP contribution in [0.5, 0.6) is 5.75 Å². The van der Waals surface area contributed by atoms with E-state index in [0.29, 0.717) is 0 Å². The summed E-state index contributed by atoms with van der Waals surface area (Å²) in [6, 6.07) is 15.1. The van der Waals surface area contributed by atoms with E-state index in [-0.39, 0.29) is 61.2 Å². The van der Waals surface area contributed by atoms with Crippen molar-refractivity contribution in [1.29, 1.82) is 0 Å². The molecule has 7 heteroatoms. The predicted octanol–water partition coefficient (Wildman–Crippen LogP) is -5.03. The van der Waals surface area contributed by atoms with Gasteiger partial charge in [-0.15, -0.1) is 0 Å². The summed E-state index contributed by atoms with van der Waals surface area (Å²) < 4.78 is 1.17. The molecule has 1 aromatic heterocycles. The molecule has 2 atom stereocenters. The number of aromatic nitrogens is 1. The first-order chi connectivity index (χ1) is 13.2. The second kappa shape index (κ2) is 10.7. The Morgan fingerprint density at radius 1 is 0.862 bits per heavy atom. The van der Waals surface area contributed by atoms with Crippen LogP contribution in [-0.2, 0) is 0 Å². The summed E-state index contributed by atoms with van der Waals surface area (Å²) in [6.07, 6.45) is 11.2. The van der Waals surface area contributed by atoms with Crippen molar-refractivity contribution in [1.82, 2.24) is 0 Å². The number of benzene rings is 2. The van der Waals surface area contributed by atoms with Crippen molar-refractivity contribution in [2.75, 3.05) is 0 Å². The average molecular weight is 388 g/mol. The molecule has 4 nitrogen and oxygen atoms in total. The summed E-state index contributed by atoms with van der Waals surface area (Å²) in [5, 5.41) is 23.8. The molecule has 1 aliphatic heterocycles. The Labute approximate surface area is 197 Å². The van der Waals surface area contributed by atoms with Gasteiger partial charge in [-0.3, -0.25) is 0 Å². The van der Waals surface area contributed by atoms with E-state index < -0.39 is 0 Å². The number of allylic oxidation sites excluding steroid dienone is 3. The minimum Gasteiger partial charge on any atom is -0.872 e. The second-order valence-corrected chi connectivity index (χ2v) is 7.33. The van der Waals surface area contributed by atoms with Gasteiger partial charge in [0, 0.05) is 11.6 Å². The van der Waals surface area contributed by atoms with Crippen LogP contribution in [0.3, 0.4) is 0 Å². The van der Waals surface area contributed by atoms with Crippen LogP contribution >= 0.6 is 11.3 Å². The quantitative estimate of drug-likeness (QED) is 0.424. The third kappa shape index (κ3) is 5.34. The normalized spacial score (nSPS) is 18.6. The van der Waals surface area contributed by atoms with Gasteiger partial charge in [0.2, 0.25) is 5.52 Å². The van der Waals surface area contributed by atoms with E-state index in [1.807, 2.05) is 66.9 Å². The Hall–Kier alpha value is -1.99. The van der Waals surface area contributed by atoms with E-state index >= 15 is 0 Å². The molecule has 0 saturated heterocycles. The van der Waals surface area contributed by atoms with Gasteiger partial charge in [-0.25, -0.2) is 4.99 Å². The van der Waals surface area contributed by atoms with Crippen molar-refractivity contribution >= 4 is 27.8 Å². The Balaban J connectivity index is 0.000000205. The van der Waals surface area contributed by atoms with Crippen molar-refractivity contribution < 1.29 is 57.9 Å². The number of rotatable bonds is 1. The molecule has 0 fully saturated rings. The Morgan fingerprint density at radius 3 is 2.34 bits per heavy atom. The second-order valence-electron chi connectivity index (χ2n) is 6.28. The Kier molecular flexibility index (Phi) is 8.59. The van der Waals surface area contributed by atoms with Crippen LogP contribution in [0, 0.1) is 5.92 Å². The molecule has 0 amide bonds. The van der Waals surface area contributed by atoms with E-state index in [4.69, 9.17) is 0 Å². The molecule has 2 aromatic carbocycles. The fourth-order valence-electron chi connectivity index (χ4n) is 3.09. The fraction of sp³-hybridized carbons (Fsp3) is 0.0909. The van der Waals surface area contributed by atoms with Crippen molar-refractivity contribution in [3.8, 4) is 16.3 Å². The zero-order chi connectivity index (χ0) is 18.6. The van der Waals surface area contributed by atoms with Crippen molar-refractivity contribution in [3.63, 3.8) is 0 Å². The van der Waals surface area contributed by atoms with Gasteiger partial charge in [0.1, 0.15) is 4.70 Å². The van der Waals surface area contributed by atoms with E-state index in [1.165, 1.54) is 4.70 Å². The zero-order valence-electron chi connectivity index (χ0n) is 16.5. The SMILES string of the molecule is [Li+].[Li+].[O-]C1=CC=CC2C=CC=[NH+]C12.[O-]c1ccccc1-c1[nH+]c2ccccc2s1. The molecule has 0 saturated carbocycles. The van der Waals surface area contributed by atoms with Gasteiger partial charge < -0.3 is 10.2 Å². The first-order valence-electron chi connectivity index (χ1n) is 8.71. The average Bonchev–Trinajstić information content (AvgIpc) is 3.13. The van der Waals surface area contributed by atoms with Gasteiger partial charge in [-0.2, -0.15) is 4.98 Å². The molecule has 134 valence electrons. The topological polar surface area (TPSA) is 74.2 Å². The van der Waals surface area contributed by atoms with Gasteiger partial charge >= 0.3 is 37.7 Å². The number of fused-ring (bicyclic) bond motifs is 2. The van der Waals surface area contributed by atoms with Gasteiger partial charge in [0.25, 0.3) is 5.01 Å². The minimum atomic E-state index is -0.0509. The molecule has 5 rings (SSSR count). The number of para-hydroxylation sites is 2. The van der Waals surface area contributed by atoms with Crippen LogP contribution in [0.1, 0.15) is 0 Å². The van der Waals surface area contributed by atoms with Crippen molar-refractivity contribution in [2.45, 2.75) is 6.04 Å². The molecule has 2 aliphatic rings. The molecule has 2 N–H and O–H groups in total. The van der Waals surface area contributed by atoms with E-state index in [0.717, 1.165) is 16.1 Å². The molecule has 1 aliphatic carbocycles. The number of hydrogen-bond acceptors (Lipinski definition) is 3. The third-order valence-corrected chi connectivity index (χ3v) is 5.57. The summed E-state index contributed by atoms with van der Waals surface area (Å²) in [6.45, 7) is 0. The molecule has 29 heavy (non-hydrogen) atoms. The number of H-pyrrole nitrogens is 1. The van der Waals surface area contributed by atoms with Crippen LogP contribution in [0.4, 0.5) is 0 Å². The van der Waals surface area contributed by atoms with Gasteiger partial charge in [-0.1, -0.05) is 77.5 Å². The number of nitrogens with one attached hydrogen (secondary N) is 2. The minimum absolute atomic E-state index is 0. The summed E-state index contributed by atoms with van der Waals surface area (Å²) in [7, 11) is 0. The number of thiazole rings is 1. The van der Waals surface area contributed by atoms with Crippen LogP contribution in [-0.4, -0.2) is 12.3 Å². The summed E-state index contributed by atoms with van der Waals surface area (Å²) in [4.78, 5) is 6.30. The molecule has 2 heterocycles. The first-order valence-corrected chi connectivity index (χ1v) is 9.53. The van der Waals surface area contributed by atoms with Gasteiger partial charge in [0.15, 0.2) is 12.3 Å². The van der Waals surface area contributed by atoms with Gasteiger partial charge in [-0.05, 0) is 18.2 Å². The maximum Gasteiger partial charge on any atom is 1.00 e. The first kappa shape index (κ1) is 23.3. The monoisotopic (exact) mass is 388 g/mol. The molecule has 3 aromatic rings. The fourth-order valence-corrected chi connectivity index (χ4v) is 4.12. The zero-order valence-corrected chi connectivity index (χ0v) is 17.3. The Bertz CT molecular complexity index is 1060. The maximum atomic E-state index is 11.7. The molecular weight excluding hydrogens is 370 g/mol. The molecule has 0 spiro atoms. The van der Waals surface area contributed by atoms with Crippen LogP contribution < -0.4 is 57.9 Å². The smallest absolute Gasteiger partial charge is 0.872 e. The number of aromatic amines is 1. The van der Waals surface area contributed by atoms with E-state index in [1.54, 1.807) is 29.5 Å². The van der Waals surface area contributed by atoms with E-state index in [9.17, 15) is 10.2 Å². The summed E-state index contributed by atoms with van der Waals surface area (Å²) >= 11 is 1.61. The molecule has 2 unspecified atom stereocenters. The van der Waals surface area contributed by atoms with Crippen LogP contribution in [0.25, 0.3) is 20.8 Å². The molecule has 0 bridgehead atoms. The largest absolute Gasteiger partial charge is 1.00 e. The van der Waals surface area contributed by atoms with Crippen LogP contribution in [0.2, 0.25) is 0 Å². The van der Waals surface area contributed by atoms with Crippen molar-refractivity contribution in [2.24, 2.45) is 5.92 Å². The third-order valence-electron chi connectivity index (χ3n) is 4.47. The predicted molar refractivity (Wildman–Crippen MR) is 104 cm³/mol. The van der Waals surface area contributed by atoms with E-state index in [2.05, 4.69) is 9.98 Å². The number of hydrogen-bond donors (Lipinski definition) is 1.